The fourth-order valence-corrected chi connectivity index (χ4v) is 3.95. The van der Waals surface area contributed by atoms with Crippen LogP contribution in [0.1, 0.15) is 40.6 Å². The Morgan fingerprint density at radius 1 is 1.13 bits per heavy atom. The van der Waals surface area contributed by atoms with Crippen molar-refractivity contribution in [1.82, 2.24) is 10.2 Å². The van der Waals surface area contributed by atoms with Crippen LogP contribution in [0.2, 0.25) is 0 Å². The predicted molar refractivity (Wildman–Crippen MR) is 106 cm³/mol. The zero-order valence-corrected chi connectivity index (χ0v) is 16.7. The first-order valence-electron chi connectivity index (χ1n) is 9.63. The Balaban J connectivity index is 1.59. The average molecular weight is 410 g/mol. The Kier molecular flexibility index (Phi) is 5.31. The molecule has 8 nitrogen and oxygen atoms in total. The molecule has 0 saturated carbocycles. The molecular formula is C22H22N2O6. The summed E-state index contributed by atoms with van der Waals surface area (Å²) in [5.74, 6) is -0.503. The topological polar surface area (TPSA) is 94.2 Å². The number of carbonyl (C=O) groups is 3. The number of benzene rings is 2. The molecule has 2 aliphatic heterocycles. The zero-order valence-electron chi connectivity index (χ0n) is 16.7. The molecule has 2 aliphatic rings. The third-order valence-electron chi connectivity index (χ3n) is 5.39. The molecule has 2 aromatic carbocycles. The molecule has 0 radical (unpaired) electrons. The van der Waals surface area contributed by atoms with Crippen molar-refractivity contribution in [2.45, 2.75) is 31.7 Å². The van der Waals surface area contributed by atoms with E-state index >= 15 is 0 Å². The van der Waals surface area contributed by atoms with Crippen LogP contribution >= 0.6 is 0 Å². The number of ether oxygens (including phenoxy) is 3. The highest BCUT2D eigenvalue weighted by Gasteiger charge is 2.47. The summed E-state index contributed by atoms with van der Waals surface area (Å²) in [7, 11) is 2.90. The van der Waals surface area contributed by atoms with E-state index in [4.69, 9.17) is 14.2 Å². The normalized spacial score (nSPS) is 20.0. The molecule has 30 heavy (non-hydrogen) atoms. The second-order valence-electron chi connectivity index (χ2n) is 7.08. The molecule has 4 rings (SSSR count). The number of fused-ring (bicyclic) bond motifs is 1. The molecule has 2 heterocycles. The lowest BCUT2D eigenvalue weighted by Gasteiger charge is -2.29. The van der Waals surface area contributed by atoms with Gasteiger partial charge < -0.3 is 19.5 Å². The third kappa shape index (κ3) is 3.34. The SMILES string of the molecule is COc1ccc2c(c1OC)C(=O)O[C@H]2N1C(=O)CC[C@H]1C(=O)NCc1ccccc1. The van der Waals surface area contributed by atoms with E-state index in [-0.39, 0.29) is 29.5 Å². The molecular weight excluding hydrogens is 388 g/mol. The zero-order chi connectivity index (χ0) is 21.3. The molecule has 0 aliphatic carbocycles. The van der Waals surface area contributed by atoms with Gasteiger partial charge in [-0.1, -0.05) is 30.3 Å². The second kappa shape index (κ2) is 8.06. The second-order valence-corrected chi connectivity index (χ2v) is 7.08. The number of carbonyl (C=O) groups excluding carboxylic acids is 3. The summed E-state index contributed by atoms with van der Waals surface area (Å²) >= 11 is 0. The van der Waals surface area contributed by atoms with Crippen LogP contribution in [0.3, 0.4) is 0 Å². The number of rotatable bonds is 6. The summed E-state index contributed by atoms with van der Waals surface area (Å²) in [5.41, 5.74) is 1.65. The number of likely N-dealkylation sites (tertiary alicyclic amines) is 1. The largest absolute Gasteiger partial charge is 0.493 e. The number of hydrogen-bond donors (Lipinski definition) is 1. The van der Waals surface area contributed by atoms with E-state index in [9.17, 15) is 14.4 Å². The summed E-state index contributed by atoms with van der Waals surface area (Å²) < 4.78 is 16.1. The van der Waals surface area contributed by atoms with Crippen LogP contribution in [0, 0.1) is 0 Å². The van der Waals surface area contributed by atoms with Crippen LogP contribution in [0.5, 0.6) is 11.5 Å². The van der Waals surface area contributed by atoms with Gasteiger partial charge in [-0.25, -0.2) is 4.79 Å². The van der Waals surface area contributed by atoms with Gasteiger partial charge in [-0.05, 0) is 24.1 Å². The number of cyclic esters (lactones) is 1. The third-order valence-corrected chi connectivity index (χ3v) is 5.39. The van der Waals surface area contributed by atoms with Gasteiger partial charge in [0.05, 0.1) is 14.2 Å². The summed E-state index contributed by atoms with van der Waals surface area (Å²) in [6, 6.07) is 12.1. The maximum absolute atomic E-state index is 12.9. The number of nitrogens with one attached hydrogen (secondary N) is 1. The summed E-state index contributed by atoms with van der Waals surface area (Å²) in [6.45, 7) is 0.351. The maximum Gasteiger partial charge on any atom is 0.344 e. The van der Waals surface area contributed by atoms with Crippen LogP contribution in [0.25, 0.3) is 0 Å². The van der Waals surface area contributed by atoms with Crippen molar-refractivity contribution in [1.29, 1.82) is 0 Å². The fourth-order valence-electron chi connectivity index (χ4n) is 3.95. The smallest absolute Gasteiger partial charge is 0.344 e. The molecule has 8 heteroatoms. The first-order valence-corrected chi connectivity index (χ1v) is 9.63. The van der Waals surface area contributed by atoms with Gasteiger partial charge >= 0.3 is 5.97 Å². The molecule has 1 saturated heterocycles. The molecule has 0 unspecified atom stereocenters. The van der Waals surface area contributed by atoms with E-state index in [2.05, 4.69) is 5.32 Å². The highest BCUT2D eigenvalue weighted by molar-refractivity contribution is 5.99. The first-order chi connectivity index (χ1) is 14.5. The van der Waals surface area contributed by atoms with Gasteiger partial charge in [0.2, 0.25) is 18.0 Å². The Morgan fingerprint density at radius 2 is 1.90 bits per heavy atom. The van der Waals surface area contributed by atoms with Crippen LogP contribution in [0.15, 0.2) is 42.5 Å². The van der Waals surface area contributed by atoms with Crippen molar-refractivity contribution >= 4 is 17.8 Å². The van der Waals surface area contributed by atoms with Crippen molar-refractivity contribution < 1.29 is 28.6 Å². The summed E-state index contributed by atoms with van der Waals surface area (Å²) in [5, 5.41) is 2.87. The van der Waals surface area contributed by atoms with Crippen molar-refractivity contribution in [3.63, 3.8) is 0 Å². The number of esters is 1. The molecule has 1 N–H and O–H groups in total. The Labute approximate surface area is 173 Å². The number of methoxy groups -OCH3 is 2. The van der Waals surface area contributed by atoms with Crippen molar-refractivity contribution in [3.05, 3.63) is 59.2 Å². The quantitative estimate of drug-likeness (QED) is 0.734. The minimum absolute atomic E-state index is 0.208. The predicted octanol–water partition coefficient (Wildman–Crippen LogP) is 2.18. The molecule has 0 spiro atoms. The van der Waals surface area contributed by atoms with Gasteiger partial charge in [0, 0.05) is 18.5 Å². The molecule has 0 bridgehead atoms. The van der Waals surface area contributed by atoms with E-state index < -0.39 is 18.2 Å². The summed E-state index contributed by atoms with van der Waals surface area (Å²) in [6.07, 6.45) is -0.411. The molecule has 2 amide bonds. The monoisotopic (exact) mass is 410 g/mol. The summed E-state index contributed by atoms with van der Waals surface area (Å²) in [4.78, 5) is 39.4. The van der Waals surface area contributed by atoms with Gasteiger partial charge in [0.25, 0.3) is 0 Å². The molecule has 2 atom stereocenters. The molecule has 2 aromatic rings. The number of nitrogens with zero attached hydrogens (tertiary/aromatic N) is 1. The van der Waals surface area contributed by atoms with Crippen LogP contribution in [-0.4, -0.2) is 42.9 Å². The van der Waals surface area contributed by atoms with Gasteiger partial charge in [-0.2, -0.15) is 0 Å². The van der Waals surface area contributed by atoms with Crippen molar-refractivity contribution in [2.24, 2.45) is 0 Å². The Bertz CT molecular complexity index is 991. The lowest BCUT2D eigenvalue weighted by molar-refractivity contribution is -0.145. The molecule has 156 valence electrons. The van der Waals surface area contributed by atoms with E-state index in [1.807, 2.05) is 30.3 Å². The van der Waals surface area contributed by atoms with Gasteiger partial charge in [0.15, 0.2) is 11.5 Å². The average Bonchev–Trinajstić information content (AvgIpc) is 3.31. The lowest BCUT2D eigenvalue weighted by atomic mass is 10.1. The number of hydrogen-bond acceptors (Lipinski definition) is 6. The van der Waals surface area contributed by atoms with Gasteiger partial charge in [-0.3, -0.25) is 14.5 Å². The fraction of sp³-hybridized carbons (Fsp3) is 0.318. The van der Waals surface area contributed by atoms with Crippen LogP contribution in [-0.2, 0) is 20.9 Å². The Morgan fingerprint density at radius 3 is 2.60 bits per heavy atom. The van der Waals surface area contributed by atoms with E-state index in [1.54, 1.807) is 12.1 Å². The molecule has 0 aromatic heterocycles. The highest BCUT2D eigenvalue weighted by atomic mass is 16.6. The molecule has 1 fully saturated rings. The maximum atomic E-state index is 12.9. The van der Waals surface area contributed by atoms with Crippen LogP contribution in [0.4, 0.5) is 0 Å². The Hall–Kier alpha value is -3.55. The minimum Gasteiger partial charge on any atom is -0.493 e. The first kappa shape index (κ1) is 19.8. The van der Waals surface area contributed by atoms with E-state index in [1.165, 1.54) is 19.1 Å². The van der Waals surface area contributed by atoms with Crippen LogP contribution < -0.4 is 14.8 Å². The van der Waals surface area contributed by atoms with Gasteiger partial charge in [0.1, 0.15) is 11.6 Å². The minimum atomic E-state index is -0.977. The van der Waals surface area contributed by atoms with E-state index in [0.717, 1.165) is 5.56 Å². The van der Waals surface area contributed by atoms with Crippen molar-refractivity contribution in [3.8, 4) is 11.5 Å². The van der Waals surface area contributed by atoms with Gasteiger partial charge in [-0.15, -0.1) is 0 Å². The highest BCUT2D eigenvalue weighted by Crippen LogP contribution is 2.45. The lowest BCUT2D eigenvalue weighted by Crippen LogP contribution is -2.46. The number of amides is 2. The standard InChI is InChI=1S/C22H22N2O6/c1-28-16-10-8-14-18(19(16)29-2)22(27)30-21(14)24-15(9-11-17(24)25)20(26)23-12-13-6-4-3-5-7-13/h3-8,10,15,21H,9,11-12H2,1-2H3,(H,23,26)/t15-,21+/m0/s1. The van der Waals surface area contributed by atoms with E-state index in [0.29, 0.717) is 24.3 Å². The van der Waals surface area contributed by atoms with Crippen molar-refractivity contribution in [2.75, 3.05) is 14.2 Å².